The quantitative estimate of drug-likeness (QED) is 0.448. The Bertz CT molecular complexity index is 633. The van der Waals surface area contributed by atoms with Crippen LogP contribution in [0.2, 0.25) is 0 Å². The van der Waals surface area contributed by atoms with Gasteiger partial charge in [-0.2, -0.15) is 0 Å². The number of esters is 1. The minimum atomic E-state index is -0.952. The topological polar surface area (TPSA) is 106 Å². The third kappa shape index (κ3) is 11.3. The standard InChI is InChI=1S/C21H37N3O5/c1-10-15(13-22-8)12-21(6,7)24-17(25)16(11-14(2)18(26)28-9)23-19(27)29-20(3,4)5/h10,13-14,16H,11-12H2,1-9H3,(H,23,27)(H,24,25)/b15-10-,22-13?/t14-,16-/m0/s1. The van der Waals surface area contributed by atoms with Crippen LogP contribution in [0.3, 0.4) is 0 Å². The van der Waals surface area contributed by atoms with Crippen LogP contribution in [0.15, 0.2) is 16.6 Å². The molecule has 2 amide bonds. The molecule has 0 unspecified atom stereocenters. The summed E-state index contributed by atoms with van der Waals surface area (Å²) in [5.74, 6) is -1.43. The van der Waals surface area contributed by atoms with E-state index in [9.17, 15) is 14.4 Å². The number of amides is 2. The number of allylic oxidation sites excluding steroid dienone is 1. The highest BCUT2D eigenvalue weighted by molar-refractivity contribution is 5.87. The van der Waals surface area contributed by atoms with Gasteiger partial charge in [0.15, 0.2) is 0 Å². The Morgan fingerprint density at radius 1 is 1.14 bits per heavy atom. The molecule has 0 aromatic rings. The molecular weight excluding hydrogens is 374 g/mol. The van der Waals surface area contributed by atoms with Crippen LogP contribution in [0.4, 0.5) is 4.79 Å². The van der Waals surface area contributed by atoms with Crippen molar-refractivity contribution in [1.82, 2.24) is 10.6 Å². The van der Waals surface area contributed by atoms with Gasteiger partial charge in [0.2, 0.25) is 5.91 Å². The maximum atomic E-state index is 12.9. The van der Waals surface area contributed by atoms with E-state index in [4.69, 9.17) is 9.47 Å². The fourth-order valence-electron chi connectivity index (χ4n) is 2.70. The number of hydrogen-bond donors (Lipinski definition) is 2. The third-order valence-corrected chi connectivity index (χ3v) is 3.97. The Kier molecular flexibility index (Phi) is 10.6. The first-order chi connectivity index (χ1) is 13.2. The Balaban J connectivity index is 5.39. The van der Waals surface area contributed by atoms with Gasteiger partial charge in [-0.3, -0.25) is 14.6 Å². The van der Waals surface area contributed by atoms with Gasteiger partial charge in [0, 0.05) is 18.8 Å². The second-order valence-corrected chi connectivity index (χ2v) is 8.66. The van der Waals surface area contributed by atoms with Crippen LogP contribution < -0.4 is 10.6 Å². The second-order valence-electron chi connectivity index (χ2n) is 8.66. The van der Waals surface area contributed by atoms with E-state index in [1.54, 1.807) is 41.0 Å². The molecule has 166 valence electrons. The van der Waals surface area contributed by atoms with Gasteiger partial charge >= 0.3 is 12.1 Å². The number of ether oxygens (including phenoxy) is 2. The summed E-state index contributed by atoms with van der Waals surface area (Å²) < 4.78 is 9.99. The molecule has 0 aliphatic heterocycles. The third-order valence-electron chi connectivity index (χ3n) is 3.97. The van der Waals surface area contributed by atoms with Crippen molar-refractivity contribution in [3.63, 3.8) is 0 Å². The van der Waals surface area contributed by atoms with Crippen molar-refractivity contribution in [1.29, 1.82) is 0 Å². The molecule has 8 heteroatoms. The van der Waals surface area contributed by atoms with Gasteiger partial charge in [-0.1, -0.05) is 13.0 Å². The molecule has 0 radical (unpaired) electrons. The van der Waals surface area contributed by atoms with E-state index < -0.39 is 41.1 Å². The Hall–Kier alpha value is -2.38. The van der Waals surface area contributed by atoms with E-state index in [0.29, 0.717) is 6.42 Å². The number of carbonyl (C=O) groups excluding carboxylic acids is 3. The molecule has 8 nitrogen and oxygen atoms in total. The summed E-state index contributed by atoms with van der Waals surface area (Å²) in [5, 5.41) is 5.52. The molecule has 0 bridgehead atoms. The molecule has 0 rings (SSSR count). The number of methoxy groups -OCH3 is 1. The van der Waals surface area contributed by atoms with Crippen LogP contribution in [0.25, 0.3) is 0 Å². The normalized spacial score (nSPS) is 14.9. The fraction of sp³-hybridized carbons (Fsp3) is 0.714. The minimum absolute atomic E-state index is 0.0840. The van der Waals surface area contributed by atoms with E-state index in [-0.39, 0.29) is 6.42 Å². The van der Waals surface area contributed by atoms with Crippen LogP contribution in [0, 0.1) is 5.92 Å². The fourth-order valence-corrected chi connectivity index (χ4v) is 2.70. The number of nitrogens with zero attached hydrogens (tertiary/aromatic N) is 1. The number of aliphatic imine (C=N–C) groups is 1. The van der Waals surface area contributed by atoms with Gasteiger partial charge in [-0.15, -0.1) is 0 Å². The lowest BCUT2D eigenvalue weighted by Crippen LogP contribution is -2.54. The summed E-state index contributed by atoms with van der Waals surface area (Å²) in [5.41, 5.74) is -0.335. The van der Waals surface area contributed by atoms with Crippen LogP contribution in [0.1, 0.15) is 61.3 Å². The summed E-state index contributed by atoms with van der Waals surface area (Å²) in [4.78, 5) is 41.0. The van der Waals surface area contributed by atoms with Crippen molar-refractivity contribution < 1.29 is 23.9 Å². The maximum Gasteiger partial charge on any atom is 0.408 e. The zero-order valence-corrected chi connectivity index (χ0v) is 19.2. The van der Waals surface area contributed by atoms with Crippen molar-refractivity contribution in [2.24, 2.45) is 10.9 Å². The zero-order valence-electron chi connectivity index (χ0n) is 19.2. The predicted octanol–water partition coefficient (Wildman–Crippen LogP) is 3.01. The zero-order chi connectivity index (χ0) is 22.8. The van der Waals surface area contributed by atoms with E-state index in [2.05, 4.69) is 15.6 Å². The predicted molar refractivity (Wildman–Crippen MR) is 114 cm³/mol. The average molecular weight is 412 g/mol. The van der Waals surface area contributed by atoms with E-state index >= 15 is 0 Å². The molecule has 0 saturated carbocycles. The number of nitrogens with one attached hydrogen (secondary N) is 2. The highest BCUT2D eigenvalue weighted by atomic mass is 16.6. The number of rotatable bonds is 9. The molecule has 0 aliphatic rings. The van der Waals surface area contributed by atoms with Crippen molar-refractivity contribution in [2.45, 2.75) is 78.5 Å². The Morgan fingerprint density at radius 3 is 2.17 bits per heavy atom. The van der Waals surface area contributed by atoms with E-state index in [0.717, 1.165) is 5.57 Å². The molecule has 0 aromatic heterocycles. The highest BCUT2D eigenvalue weighted by Gasteiger charge is 2.31. The van der Waals surface area contributed by atoms with Crippen molar-refractivity contribution in [3.8, 4) is 0 Å². The van der Waals surface area contributed by atoms with Gasteiger partial charge in [0.25, 0.3) is 0 Å². The minimum Gasteiger partial charge on any atom is -0.469 e. The monoisotopic (exact) mass is 411 g/mol. The van der Waals surface area contributed by atoms with Gasteiger partial charge in [0.05, 0.1) is 13.0 Å². The van der Waals surface area contributed by atoms with Crippen LogP contribution in [-0.4, -0.2) is 55.5 Å². The maximum absolute atomic E-state index is 12.9. The first kappa shape index (κ1) is 26.6. The van der Waals surface area contributed by atoms with E-state index in [1.165, 1.54) is 7.11 Å². The van der Waals surface area contributed by atoms with Crippen LogP contribution in [-0.2, 0) is 19.1 Å². The van der Waals surface area contributed by atoms with Gasteiger partial charge in [0.1, 0.15) is 11.6 Å². The summed E-state index contributed by atoms with van der Waals surface area (Å²) in [6, 6.07) is -0.952. The smallest absolute Gasteiger partial charge is 0.408 e. The molecule has 0 spiro atoms. The lowest BCUT2D eigenvalue weighted by atomic mass is 9.93. The summed E-state index contributed by atoms with van der Waals surface area (Å²) in [6.45, 7) is 12.5. The SMILES string of the molecule is C/C=C(\C=NC)CC(C)(C)NC(=O)[C@H](C[C@H](C)C(=O)OC)NC(=O)OC(C)(C)C. The van der Waals surface area contributed by atoms with Gasteiger partial charge < -0.3 is 20.1 Å². The number of hydrogen-bond acceptors (Lipinski definition) is 6. The summed E-state index contributed by atoms with van der Waals surface area (Å²) >= 11 is 0. The van der Waals surface area contributed by atoms with E-state index in [1.807, 2.05) is 26.8 Å². The largest absolute Gasteiger partial charge is 0.469 e. The van der Waals surface area contributed by atoms with Crippen molar-refractivity contribution >= 4 is 24.2 Å². The first-order valence-corrected chi connectivity index (χ1v) is 9.71. The highest BCUT2D eigenvalue weighted by Crippen LogP contribution is 2.17. The van der Waals surface area contributed by atoms with Crippen LogP contribution in [0.5, 0.6) is 0 Å². The Labute approximate surface area is 174 Å². The first-order valence-electron chi connectivity index (χ1n) is 9.71. The molecule has 0 saturated heterocycles. The van der Waals surface area contributed by atoms with Crippen LogP contribution >= 0.6 is 0 Å². The lowest BCUT2D eigenvalue weighted by Gasteiger charge is -2.30. The molecule has 0 heterocycles. The van der Waals surface area contributed by atoms with Gasteiger partial charge in [-0.25, -0.2) is 4.79 Å². The molecule has 0 aromatic carbocycles. The molecule has 0 aliphatic carbocycles. The molecule has 29 heavy (non-hydrogen) atoms. The van der Waals surface area contributed by atoms with Gasteiger partial charge in [-0.05, 0) is 60.0 Å². The molecule has 2 atom stereocenters. The van der Waals surface area contributed by atoms with Crippen molar-refractivity contribution in [2.75, 3.05) is 14.2 Å². The molecular formula is C21H37N3O5. The van der Waals surface area contributed by atoms with Crippen molar-refractivity contribution in [3.05, 3.63) is 11.6 Å². The Morgan fingerprint density at radius 2 is 1.72 bits per heavy atom. The lowest BCUT2D eigenvalue weighted by molar-refractivity contribution is -0.145. The molecule has 0 fully saturated rings. The average Bonchev–Trinajstić information content (AvgIpc) is 2.57. The number of alkyl carbamates (subject to hydrolysis) is 1. The summed E-state index contributed by atoms with van der Waals surface area (Å²) in [6.07, 6.45) is 3.58. The second kappa shape index (κ2) is 11.6. The number of carbonyl (C=O) groups is 3. The molecule has 2 N–H and O–H groups in total. The summed E-state index contributed by atoms with van der Waals surface area (Å²) in [7, 11) is 2.97.